The molecule has 1 saturated carbocycles. The Morgan fingerprint density at radius 1 is 1.13 bits per heavy atom. The Morgan fingerprint density at radius 3 is 2.55 bits per heavy atom. The molecule has 0 bridgehead atoms. The van der Waals surface area contributed by atoms with Crippen LogP contribution in [0.2, 0.25) is 0 Å². The van der Waals surface area contributed by atoms with E-state index in [0.717, 1.165) is 12.8 Å². The van der Waals surface area contributed by atoms with Crippen LogP contribution in [0.4, 0.5) is 5.69 Å². The van der Waals surface area contributed by atoms with Crippen molar-refractivity contribution in [2.24, 2.45) is 0 Å². The molecule has 10 nitrogen and oxygen atoms in total. The zero-order valence-corrected chi connectivity index (χ0v) is 17.2. The van der Waals surface area contributed by atoms with Crippen molar-refractivity contribution in [3.8, 4) is 5.69 Å². The van der Waals surface area contributed by atoms with E-state index in [1.165, 1.54) is 19.1 Å². The molecule has 1 aliphatic heterocycles. The molecule has 1 fully saturated rings. The molecule has 1 N–H and O–H groups in total. The summed E-state index contributed by atoms with van der Waals surface area (Å²) < 4.78 is 17.1. The quantitative estimate of drug-likeness (QED) is 0.685. The van der Waals surface area contributed by atoms with Gasteiger partial charge < -0.3 is 29.0 Å². The molecule has 31 heavy (non-hydrogen) atoms. The van der Waals surface area contributed by atoms with E-state index in [4.69, 9.17) is 14.2 Å². The summed E-state index contributed by atoms with van der Waals surface area (Å²) in [5.41, 5.74) is 1.56. The predicted octanol–water partition coefficient (Wildman–Crippen LogP) is 1.16. The van der Waals surface area contributed by atoms with Gasteiger partial charge in [-0.05, 0) is 31.0 Å². The number of methoxy groups -OCH3 is 2. The summed E-state index contributed by atoms with van der Waals surface area (Å²) in [6, 6.07) is 5.29. The molecule has 1 aromatic carbocycles. The van der Waals surface area contributed by atoms with Gasteiger partial charge in [-0.3, -0.25) is 4.79 Å². The number of imidazole rings is 1. The third-order valence-electron chi connectivity index (χ3n) is 5.06. The van der Waals surface area contributed by atoms with Crippen LogP contribution in [-0.4, -0.2) is 61.0 Å². The normalized spacial score (nSPS) is 16.1. The summed E-state index contributed by atoms with van der Waals surface area (Å²) in [4.78, 5) is 43.2. The Hall–Kier alpha value is -3.66. The van der Waals surface area contributed by atoms with Gasteiger partial charge in [-0.2, -0.15) is 0 Å². The maximum Gasteiger partial charge on any atom is 0.355 e. The Morgan fingerprint density at radius 2 is 1.90 bits per heavy atom. The average Bonchev–Trinajstić information content (AvgIpc) is 3.45. The molecule has 0 unspecified atom stereocenters. The zero-order valence-electron chi connectivity index (χ0n) is 17.2. The third kappa shape index (κ3) is 4.15. The lowest BCUT2D eigenvalue weighted by Crippen LogP contribution is -2.39. The van der Waals surface area contributed by atoms with Gasteiger partial charge in [0.15, 0.2) is 0 Å². The third-order valence-corrected chi connectivity index (χ3v) is 5.06. The second-order valence-corrected chi connectivity index (χ2v) is 7.14. The summed E-state index contributed by atoms with van der Waals surface area (Å²) in [6.45, 7) is -0.129. The Bertz CT molecular complexity index is 1040. The Kier molecular flexibility index (Phi) is 5.72. The van der Waals surface area contributed by atoms with E-state index in [1.807, 2.05) is 0 Å². The molecule has 0 saturated heterocycles. The number of esters is 2. The van der Waals surface area contributed by atoms with E-state index >= 15 is 0 Å². The van der Waals surface area contributed by atoms with Gasteiger partial charge in [0.05, 0.1) is 44.1 Å². The highest BCUT2D eigenvalue weighted by atomic mass is 16.5. The second-order valence-electron chi connectivity index (χ2n) is 7.14. The van der Waals surface area contributed by atoms with Crippen LogP contribution in [-0.2, 0) is 23.8 Å². The monoisotopic (exact) mass is 426 g/mol. The van der Waals surface area contributed by atoms with Crippen molar-refractivity contribution in [3.05, 3.63) is 53.8 Å². The van der Waals surface area contributed by atoms with Crippen molar-refractivity contribution in [2.75, 3.05) is 32.5 Å². The smallest absolute Gasteiger partial charge is 0.355 e. The van der Waals surface area contributed by atoms with Crippen LogP contribution in [0.1, 0.15) is 23.2 Å². The minimum absolute atomic E-state index is 0.00159. The minimum atomic E-state index is -0.715. The number of carbonyl (C=O) groups excluding carboxylic acids is 3. The molecular weight excluding hydrogens is 404 g/mol. The van der Waals surface area contributed by atoms with Crippen LogP contribution in [0.15, 0.2) is 48.2 Å². The number of rotatable bonds is 6. The van der Waals surface area contributed by atoms with E-state index in [9.17, 15) is 14.4 Å². The molecule has 1 aromatic heterocycles. The maximum atomic E-state index is 12.7. The van der Waals surface area contributed by atoms with Gasteiger partial charge in [-0.1, -0.05) is 0 Å². The average molecular weight is 426 g/mol. The molecule has 1 amide bonds. The summed E-state index contributed by atoms with van der Waals surface area (Å²) in [6.07, 6.45) is 6.86. The van der Waals surface area contributed by atoms with Crippen molar-refractivity contribution in [1.29, 1.82) is 0 Å². The number of benzene rings is 1. The number of nitrogens with one attached hydrogen (secondary N) is 1. The minimum Gasteiger partial charge on any atom is -0.466 e. The fourth-order valence-corrected chi connectivity index (χ4v) is 3.33. The lowest BCUT2D eigenvalue weighted by Gasteiger charge is -2.32. The summed E-state index contributed by atoms with van der Waals surface area (Å²) in [5, 5.41) is 2.95. The number of amides is 1. The molecule has 2 aromatic rings. The highest BCUT2D eigenvalue weighted by Crippen LogP contribution is 2.33. The van der Waals surface area contributed by atoms with Crippen LogP contribution in [0.5, 0.6) is 0 Å². The van der Waals surface area contributed by atoms with E-state index in [-0.39, 0.29) is 36.6 Å². The number of hydrogen-bond acceptors (Lipinski definition) is 8. The fourth-order valence-electron chi connectivity index (χ4n) is 3.33. The van der Waals surface area contributed by atoms with Crippen molar-refractivity contribution in [3.63, 3.8) is 0 Å². The van der Waals surface area contributed by atoms with Crippen LogP contribution in [0, 0.1) is 0 Å². The van der Waals surface area contributed by atoms with E-state index < -0.39 is 11.9 Å². The van der Waals surface area contributed by atoms with Crippen LogP contribution in [0.25, 0.3) is 5.69 Å². The summed E-state index contributed by atoms with van der Waals surface area (Å²) in [5.74, 6) is -1.62. The molecule has 0 spiro atoms. The van der Waals surface area contributed by atoms with Crippen molar-refractivity contribution < 1.29 is 28.6 Å². The number of aromatic nitrogens is 2. The SMILES string of the molecule is COC(=O)C1=C(C(=O)OC)N(c2cc(C(=O)NC3CC3)ccc2-n2ccnc2)COC1. The van der Waals surface area contributed by atoms with Gasteiger partial charge in [-0.15, -0.1) is 0 Å². The second kappa shape index (κ2) is 8.60. The molecule has 10 heteroatoms. The summed E-state index contributed by atoms with van der Waals surface area (Å²) >= 11 is 0. The lowest BCUT2D eigenvalue weighted by atomic mass is 10.1. The molecule has 0 atom stereocenters. The van der Waals surface area contributed by atoms with Gasteiger partial charge in [-0.25, -0.2) is 14.6 Å². The van der Waals surface area contributed by atoms with Crippen LogP contribution >= 0.6 is 0 Å². The standard InChI is InChI=1S/C21H22N4O6/c1-29-20(27)15-10-31-12-25(18(15)21(28)30-2)17-9-13(19(26)23-14-4-5-14)3-6-16(17)24-8-7-22-11-24/h3,6-9,11,14H,4-5,10,12H2,1-2H3,(H,23,26). The van der Waals surface area contributed by atoms with Gasteiger partial charge in [0.2, 0.25) is 0 Å². The van der Waals surface area contributed by atoms with E-state index in [0.29, 0.717) is 16.9 Å². The fraction of sp³-hybridized carbons (Fsp3) is 0.333. The molecule has 0 radical (unpaired) electrons. The van der Waals surface area contributed by atoms with Gasteiger partial charge >= 0.3 is 11.9 Å². The van der Waals surface area contributed by atoms with Crippen molar-refractivity contribution in [2.45, 2.75) is 18.9 Å². The Labute approximate surface area is 178 Å². The molecular formula is C21H22N4O6. The van der Waals surface area contributed by atoms with Gasteiger partial charge in [0.1, 0.15) is 12.4 Å². The largest absolute Gasteiger partial charge is 0.466 e. The first kappa shape index (κ1) is 20.6. The lowest BCUT2D eigenvalue weighted by molar-refractivity contribution is -0.140. The predicted molar refractivity (Wildman–Crippen MR) is 108 cm³/mol. The molecule has 2 aliphatic rings. The highest BCUT2D eigenvalue weighted by Gasteiger charge is 2.34. The molecule has 4 rings (SSSR count). The first-order valence-electron chi connectivity index (χ1n) is 9.71. The van der Waals surface area contributed by atoms with Gasteiger partial charge in [0, 0.05) is 24.0 Å². The number of ether oxygens (including phenoxy) is 3. The number of carbonyl (C=O) groups is 3. The topological polar surface area (TPSA) is 112 Å². The number of anilines is 1. The molecule has 162 valence electrons. The van der Waals surface area contributed by atoms with Crippen molar-refractivity contribution in [1.82, 2.24) is 14.9 Å². The van der Waals surface area contributed by atoms with Crippen LogP contribution < -0.4 is 10.2 Å². The zero-order chi connectivity index (χ0) is 22.0. The number of nitrogens with zero attached hydrogens (tertiary/aromatic N) is 3. The van der Waals surface area contributed by atoms with Crippen molar-refractivity contribution >= 4 is 23.5 Å². The van der Waals surface area contributed by atoms with Crippen LogP contribution in [0.3, 0.4) is 0 Å². The van der Waals surface area contributed by atoms with E-state index in [1.54, 1.807) is 41.5 Å². The van der Waals surface area contributed by atoms with E-state index in [2.05, 4.69) is 10.3 Å². The molecule has 1 aliphatic carbocycles. The number of hydrogen-bond donors (Lipinski definition) is 1. The Balaban J connectivity index is 1.85. The first-order chi connectivity index (χ1) is 15.0. The highest BCUT2D eigenvalue weighted by molar-refractivity contribution is 6.04. The van der Waals surface area contributed by atoms with Gasteiger partial charge in [0.25, 0.3) is 5.91 Å². The molecule has 2 heterocycles. The summed E-state index contributed by atoms with van der Waals surface area (Å²) in [7, 11) is 2.46. The maximum absolute atomic E-state index is 12.7. The first-order valence-corrected chi connectivity index (χ1v) is 9.71.